The van der Waals surface area contributed by atoms with E-state index in [1.807, 2.05) is 15.6 Å². The third-order valence-corrected chi connectivity index (χ3v) is 3.47. The van der Waals surface area contributed by atoms with Crippen LogP contribution in [0, 0.1) is 5.92 Å². The molecule has 1 aliphatic heterocycles. The van der Waals surface area contributed by atoms with Crippen LogP contribution in [0.4, 0.5) is 5.82 Å². The molecule has 0 aliphatic carbocycles. The van der Waals surface area contributed by atoms with Crippen LogP contribution in [-0.4, -0.2) is 28.8 Å². The molecule has 5 nitrogen and oxygen atoms in total. The van der Waals surface area contributed by atoms with Gasteiger partial charge in [-0.05, 0) is 25.8 Å². The average Bonchev–Trinajstić information content (AvgIpc) is 2.93. The van der Waals surface area contributed by atoms with E-state index in [1.165, 1.54) is 0 Å². The molecule has 0 radical (unpaired) electrons. The topological polar surface area (TPSA) is 64.2 Å². The lowest BCUT2D eigenvalue weighted by Gasteiger charge is -2.21. The molecule has 1 saturated heterocycles. The van der Waals surface area contributed by atoms with E-state index in [9.17, 15) is 4.79 Å². The number of carbonyl (C=O) groups is 1. The second-order valence-electron chi connectivity index (χ2n) is 4.70. The van der Waals surface area contributed by atoms with Crippen LogP contribution in [0.5, 0.6) is 0 Å². The van der Waals surface area contributed by atoms with E-state index in [0.717, 1.165) is 18.8 Å². The van der Waals surface area contributed by atoms with Gasteiger partial charge in [0, 0.05) is 19.0 Å². The van der Waals surface area contributed by atoms with Gasteiger partial charge >= 0.3 is 0 Å². The molecule has 1 aliphatic rings. The quantitative estimate of drug-likeness (QED) is 0.853. The molecule has 94 valence electrons. The number of nitrogens with two attached hydrogens (primary N) is 1. The van der Waals surface area contributed by atoms with Crippen LogP contribution >= 0.6 is 0 Å². The summed E-state index contributed by atoms with van der Waals surface area (Å²) in [4.78, 5) is 13.8. The lowest BCUT2D eigenvalue weighted by molar-refractivity contribution is -0.117. The molecule has 0 bridgehead atoms. The minimum atomic E-state index is 0.158. The highest BCUT2D eigenvalue weighted by Gasteiger charge is 2.31. The first-order chi connectivity index (χ1) is 8.17. The van der Waals surface area contributed by atoms with Crippen molar-refractivity contribution in [3.05, 3.63) is 12.3 Å². The van der Waals surface area contributed by atoms with E-state index in [0.29, 0.717) is 19.0 Å². The maximum atomic E-state index is 11.9. The maximum Gasteiger partial charge on any atom is 0.228 e. The van der Waals surface area contributed by atoms with E-state index in [-0.39, 0.29) is 11.8 Å². The summed E-state index contributed by atoms with van der Waals surface area (Å²) in [5.74, 6) is 1.34. The van der Waals surface area contributed by atoms with E-state index in [1.54, 1.807) is 6.20 Å². The van der Waals surface area contributed by atoms with Gasteiger partial charge in [-0.1, -0.05) is 6.92 Å². The van der Waals surface area contributed by atoms with Crippen LogP contribution < -0.4 is 10.6 Å². The summed E-state index contributed by atoms with van der Waals surface area (Å²) in [6.45, 7) is 5.51. The summed E-state index contributed by atoms with van der Waals surface area (Å²) in [5.41, 5.74) is 5.63. The summed E-state index contributed by atoms with van der Waals surface area (Å²) in [7, 11) is 0. The summed E-state index contributed by atoms with van der Waals surface area (Å²) in [5, 5.41) is 4.31. The molecule has 2 heterocycles. The second kappa shape index (κ2) is 4.87. The molecular weight excluding hydrogens is 216 g/mol. The Kier molecular flexibility index (Phi) is 3.47. The number of amides is 1. The summed E-state index contributed by atoms with van der Waals surface area (Å²) < 4.78 is 1.93. The lowest BCUT2D eigenvalue weighted by Crippen LogP contribution is -2.29. The van der Waals surface area contributed by atoms with Crippen molar-refractivity contribution in [1.29, 1.82) is 0 Å². The maximum absolute atomic E-state index is 11.9. The van der Waals surface area contributed by atoms with Crippen LogP contribution in [0.3, 0.4) is 0 Å². The lowest BCUT2D eigenvalue weighted by atomic mass is 10.1. The van der Waals surface area contributed by atoms with Crippen molar-refractivity contribution in [3.8, 4) is 0 Å². The first-order valence-corrected chi connectivity index (χ1v) is 6.21. The molecule has 2 unspecified atom stereocenters. The van der Waals surface area contributed by atoms with E-state index >= 15 is 0 Å². The van der Waals surface area contributed by atoms with E-state index < -0.39 is 0 Å². The fourth-order valence-corrected chi connectivity index (χ4v) is 2.19. The summed E-state index contributed by atoms with van der Waals surface area (Å²) in [6.07, 6.45) is 3.31. The van der Waals surface area contributed by atoms with Gasteiger partial charge in [-0.15, -0.1) is 0 Å². The molecule has 17 heavy (non-hydrogen) atoms. The van der Waals surface area contributed by atoms with Crippen molar-refractivity contribution in [2.24, 2.45) is 11.7 Å². The number of carbonyl (C=O) groups excluding carboxylic acids is 1. The molecule has 1 aromatic rings. The van der Waals surface area contributed by atoms with Gasteiger partial charge in [0.1, 0.15) is 5.82 Å². The molecule has 2 N–H and O–H groups in total. The summed E-state index contributed by atoms with van der Waals surface area (Å²) >= 11 is 0. The van der Waals surface area contributed by atoms with Gasteiger partial charge in [0.15, 0.2) is 0 Å². The van der Waals surface area contributed by atoms with Crippen molar-refractivity contribution in [1.82, 2.24) is 9.78 Å². The Morgan fingerprint density at radius 3 is 3.00 bits per heavy atom. The van der Waals surface area contributed by atoms with Gasteiger partial charge in [-0.2, -0.15) is 5.10 Å². The molecule has 2 atom stereocenters. The van der Waals surface area contributed by atoms with Gasteiger partial charge in [-0.3, -0.25) is 9.69 Å². The van der Waals surface area contributed by atoms with E-state index in [4.69, 9.17) is 5.73 Å². The highest BCUT2D eigenvalue weighted by atomic mass is 16.2. The minimum Gasteiger partial charge on any atom is -0.330 e. The van der Waals surface area contributed by atoms with Crippen LogP contribution in [0.25, 0.3) is 0 Å². The highest BCUT2D eigenvalue weighted by molar-refractivity contribution is 5.94. The van der Waals surface area contributed by atoms with Crippen molar-refractivity contribution in [2.45, 2.75) is 32.7 Å². The van der Waals surface area contributed by atoms with Crippen molar-refractivity contribution in [2.75, 3.05) is 18.0 Å². The van der Waals surface area contributed by atoms with Crippen LogP contribution in [0.15, 0.2) is 12.3 Å². The number of nitrogens with zero attached hydrogens (tertiary/aromatic N) is 3. The molecule has 5 heteroatoms. The zero-order chi connectivity index (χ0) is 12.4. The van der Waals surface area contributed by atoms with Gasteiger partial charge in [-0.25, -0.2) is 4.68 Å². The Balaban J connectivity index is 2.23. The van der Waals surface area contributed by atoms with Gasteiger partial charge < -0.3 is 5.73 Å². The molecule has 2 rings (SSSR count). The standard InChI is InChI=1S/C12H20N4O/c1-3-9(2)16-11(4-5-14-16)15-8-10(7-13)6-12(15)17/h4-5,9-10H,3,6-8,13H2,1-2H3. The fraction of sp³-hybridized carbons (Fsp3) is 0.667. The Morgan fingerprint density at radius 1 is 1.65 bits per heavy atom. The molecule has 0 aromatic carbocycles. The molecule has 0 saturated carbocycles. The van der Waals surface area contributed by atoms with Crippen LogP contribution in [-0.2, 0) is 4.79 Å². The Bertz CT molecular complexity index is 401. The normalized spacial score (nSPS) is 22.2. The monoisotopic (exact) mass is 236 g/mol. The van der Waals surface area contributed by atoms with Crippen molar-refractivity contribution < 1.29 is 4.79 Å². The number of anilines is 1. The predicted octanol–water partition coefficient (Wildman–Crippen LogP) is 1.17. The fourth-order valence-electron chi connectivity index (χ4n) is 2.19. The first-order valence-electron chi connectivity index (χ1n) is 6.21. The molecule has 1 fully saturated rings. The molecule has 1 aromatic heterocycles. The number of aromatic nitrogens is 2. The van der Waals surface area contributed by atoms with Crippen LogP contribution in [0.1, 0.15) is 32.7 Å². The van der Waals surface area contributed by atoms with Gasteiger partial charge in [0.25, 0.3) is 0 Å². The van der Waals surface area contributed by atoms with Crippen molar-refractivity contribution >= 4 is 11.7 Å². The Morgan fingerprint density at radius 2 is 2.41 bits per heavy atom. The van der Waals surface area contributed by atoms with Crippen LogP contribution in [0.2, 0.25) is 0 Å². The minimum absolute atomic E-state index is 0.158. The average molecular weight is 236 g/mol. The van der Waals surface area contributed by atoms with Crippen molar-refractivity contribution in [3.63, 3.8) is 0 Å². The molecule has 1 amide bonds. The largest absolute Gasteiger partial charge is 0.330 e. The smallest absolute Gasteiger partial charge is 0.228 e. The molecule has 0 spiro atoms. The van der Waals surface area contributed by atoms with Gasteiger partial charge in [0.05, 0.1) is 12.2 Å². The molecular formula is C12H20N4O. The van der Waals surface area contributed by atoms with E-state index in [2.05, 4.69) is 18.9 Å². The summed E-state index contributed by atoms with van der Waals surface area (Å²) in [6, 6.07) is 2.22. The zero-order valence-corrected chi connectivity index (χ0v) is 10.5. The number of hydrogen-bond acceptors (Lipinski definition) is 3. The number of hydrogen-bond donors (Lipinski definition) is 1. The third-order valence-electron chi connectivity index (χ3n) is 3.47. The predicted molar refractivity (Wildman–Crippen MR) is 66.7 cm³/mol. The Labute approximate surface area is 102 Å². The third kappa shape index (κ3) is 2.20. The Hall–Kier alpha value is -1.36. The number of rotatable bonds is 4. The SMILES string of the molecule is CCC(C)n1nccc1N1CC(CN)CC1=O. The van der Waals surface area contributed by atoms with Gasteiger partial charge in [0.2, 0.25) is 5.91 Å². The zero-order valence-electron chi connectivity index (χ0n) is 10.5. The highest BCUT2D eigenvalue weighted by Crippen LogP contribution is 2.26. The first kappa shape index (κ1) is 12.1. The second-order valence-corrected chi connectivity index (χ2v) is 4.70.